The first-order valence-corrected chi connectivity index (χ1v) is 10.5. The molecule has 1 heterocycles. The number of urea groups is 1. The highest BCUT2D eigenvalue weighted by atomic mass is 35.5. The molecule has 1 aliphatic heterocycles. The molecule has 0 aromatic heterocycles. The van der Waals surface area contributed by atoms with Gasteiger partial charge in [-0.15, -0.1) is 0 Å². The number of anilines is 2. The van der Waals surface area contributed by atoms with E-state index in [9.17, 15) is 9.59 Å². The third-order valence-corrected chi connectivity index (χ3v) is 5.27. The lowest BCUT2D eigenvalue weighted by atomic mass is 9.99. The molecule has 3 rings (SSSR count). The highest BCUT2D eigenvalue weighted by molar-refractivity contribution is 6.36. The summed E-state index contributed by atoms with van der Waals surface area (Å²) < 4.78 is 0. The van der Waals surface area contributed by atoms with E-state index < -0.39 is 11.6 Å². The topological polar surface area (TPSA) is 94.0 Å². The number of halogens is 1. The Hall–Kier alpha value is -2.90. The van der Waals surface area contributed by atoms with Gasteiger partial charge in [0.15, 0.2) is 0 Å². The Morgan fingerprint density at radius 2 is 1.90 bits per heavy atom. The smallest absolute Gasteiger partial charge is 0.319 e. The second-order valence-corrected chi connectivity index (χ2v) is 8.51. The fraction of sp³-hybridized carbons (Fsp3) is 0.348. The summed E-state index contributed by atoms with van der Waals surface area (Å²) in [6, 6.07) is 12.2. The molecule has 0 radical (unpaired) electrons. The van der Waals surface area contributed by atoms with Gasteiger partial charge < -0.3 is 20.6 Å². The molecule has 3 amide bonds. The molecule has 2 aromatic carbocycles. The van der Waals surface area contributed by atoms with E-state index in [1.54, 1.807) is 36.9 Å². The van der Waals surface area contributed by atoms with Gasteiger partial charge in [-0.05, 0) is 52.0 Å². The maximum Gasteiger partial charge on any atom is 0.319 e. The number of aliphatic imine (C=N–C) groups is 1. The molecule has 0 bridgehead atoms. The molecular weight excluding hydrogens is 416 g/mol. The van der Waals surface area contributed by atoms with E-state index in [2.05, 4.69) is 10.6 Å². The van der Waals surface area contributed by atoms with Crippen LogP contribution in [0.4, 0.5) is 16.2 Å². The van der Waals surface area contributed by atoms with Gasteiger partial charge in [0.25, 0.3) is 5.91 Å². The molecule has 3 N–H and O–H groups in total. The molecule has 164 valence electrons. The van der Waals surface area contributed by atoms with E-state index in [1.165, 1.54) is 0 Å². The second kappa shape index (κ2) is 9.08. The second-order valence-electron chi connectivity index (χ2n) is 8.10. The van der Waals surface area contributed by atoms with Gasteiger partial charge in [0.05, 0.1) is 18.0 Å². The Balaban J connectivity index is 2.20. The zero-order valence-electron chi connectivity index (χ0n) is 18.1. The van der Waals surface area contributed by atoms with Crippen LogP contribution in [0.2, 0.25) is 5.02 Å². The highest BCUT2D eigenvalue weighted by Gasteiger charge is 2.39. The number of amides is 3. The number of aliphatic hydroxyl groups is 1. The minimum atomic E-state index is -1.01. The molecular formula is C23H27ClN4O3. The predicted molar refractivity (Wildman–Crippen MR) is 124 cm³/mol. The number of aliphatic hydroxyl groups excluding tert-OH is 1. The highest BCUT2D eigenvalue weighted by Crippen LogP contribution is 2.36. The number of nitrogens with one attached hydrogen (secondary N) is 2. The summed E-state index contributed by atoms with van der Waals surface area (Å²) in [5, 5.41) is 14.7. The first-order valence-electron chi connectivity index (χ1n) is 10.1. The van der Waals surface area contributed by atoms with Crippen LogP contribution in [0.15, 0.2) is 47.5 Å². The van der Waals surface area contributed by atoms with Crippen LogP contribution in [0.1, 0.15) is 38.8 Å². The molecule has 0 fully saturated rings. The lowest BCUT2D eigenvalue weighted by Crippen LogP contribution is -2.47. The van der Waals surface area contributed by atoms with Crippen LogP contribution in [0.5, 0.6) is 0 Å². The zero-order valence-corrected chi connectivity index (χ0v) is 18.8. The molecule has 2 aromatic rings. The molecule has 0 unspecified atom stereocenters. The average Bonchev–Trinajstić information content (AvgIpc) is 2.79. The fourth-order valence-corrected chi connectivity index (χ4v) is 3.75. The molecule has 7 nitrogen and oxygen atoms in total. The summed E-state index contributed by atoms with van der Waals surface area (Å²) in [6.07, 6.45) is 0. The molecule has 0 atom stereocenters. The van der Waals surface area contributed by atoms with Gasteiger partial charge in [0, 0.05) is 34.4 Å². The molecule has 0 spiro atoms. The van der Waals surface area contributed by atoms with Crippen molar-refractivity contribution in [1.29, 1.82) is 0 Å². The Labute approximate surface area is 187 Å². The van der Waals surface area contributed by atoms with Crippen LogP contribution in [0.3, 0.4) is 0 Å². The first kappa shape index (κ1) is 22.8. The molecule has 0 aliphatic carbocycles. The number of fused-ring (bicyclic) bond motifs is 1. The van der Waals surface area contributed by atoms with Crippen molar-refractivity contribution < 1.29 is 14.7 Å². The number of carbonyl (C=O) groups excluding carboxylic acids is 2. The van der Waals surface area contributed by atoms with Gasteiger partial charge in [0.2, 0.25) is 0 Å². The number of benzodiazepines with no additional fused rings is 1. The molecule has 31 heavy (non-hydrogen) atoms. The summed E-state index contributed by atoms with van der Waals surface area (Å²) in [6.45, 7) is 7.47. The fourth-order valence-electron chi connectivity index (χ4n) is 3.52. The van der Waals surface area contributed by atoms with Gasteiger partial charge in [-0.3, -0.25) is 9.79 Å². The Morgan fingerprint density at radius 3 is 2.55 bits per heavy atom. The normalized spacial score (nSPS) is 15.3. The van der Waals surface area contributed by atoms with Gasteiger partial charge in [-0.2, -0.15) is 0 Å². The van der Waals surface area contributed by atoms with Crippen LogP contribution in [0, 0.1) is 0 Å². The number of hydrogen-bond donors (Lipinski definition) is 3. The van der Waals surface area contributed by atoms with Crippen molar-refractivity contribution in [2.75, 3.05) is 23.4 Å². The SMILES string of the molecule is CC(C)N1C(=O)C(C)(C)N=C(c2ccccc2Cl)c2cc(NC(=O)NCCO)ccc21. The molecule has 1 aliphatic rings. The maximum absolute atomic E-state index is 13.4. The Bertz CT molecular complexity index is 1030. The van der Waals surface area contributed by atoms with Crippen molar-refractivity contribution in [2.45, 2.75) is 39.3 Å². The lowest BCUT2D eigenvalue weighted by molar-refractivity contribution is -0.122. The van der Waals surface area contributed by atoms with Crippen molar-refractivity contribution in [3.05, 3.63) is 58.6 Å². The van der Waals surface area contributed by atoms with E-state index >= 15 is 0 Å². The summed E-state index contributed by atoms with van der Waals surface area (Å²) in [4.78, 5) is 32.1. The minimum absolute atomic E-state index is 0.0991. The van der Waals surface area contributed by atoms with Crippen molar-refractivity contribution in [3.8, 4) is 0 Å². The van der Waals surface area contributed by atoms with Crippen molar-refractivity contribution in [2.24, 2.45) is 4.99 Å². The quantitative estimate of drug-likeness (QED) is 0.656. The predicted octanol–water partition coefficient (Wildman–Crippen LogP) is 3.82. The zero-order chi connectivity index (χ0) is 22.8. The van der Waals surface area contributed by atoms with Crippen LogP contribution >= 0.6 is 11.6 Å². The van der Waals surface area contributed by atoms with E-state index in [0.29, 0.717) is 33.2 Å². The summed E-state index contributed by atoms with van der Waals surface area (Å²) in [5.74, 6) is -0.118. The molecule has 0 saturated heterocycles. The summed E-state index contributed by atoms with van der Waals surface area (Å²) in [5.41, 5.74) is 2.21. The Morgan fingerprint density at radius 1 is 1.19 bits per heavy atom. The standard InChI is InChI=1S/C23H27ClN4O3/c1-14(2)28-19-10-9-15(26-22(31)25-11-12-29)13-17(19)20(27-23(3,4)21(28)30)16-7-5-6-8-18(16)24/h5-10,13-14,29H,11-12H2,1-4H3,(H2,25,26,31). The summed E-state index contributed by atoms with van der Waals surface area (Å²) >= 11 is 6.50. The van der Waals surface area contributed by atoms with Gasteiger partial charge >= 0.3 is 6.03 Å². The first-order chi connectivity index (χ1) is 14.7. The van der Waals surface area contributed by atoms with Crippen LogP contribution in [0.25, 0.3) is 0 Å². The van der Waals surface area contributed by atoms with Crippen LogP contribution in [-0.2, 0) is 4.79 Å². The largest absolute Gasteiger partial charge is 0.395 e. The Kier molecular flexibility index (Phi) is 6.67. The lowest BCUT2D eigenvalue weighted by Gasteiger charge is -2.31. The molecule has 8 heteroatoms. The van der Waals surface area contributed by atoms with Gasteiger partial charge in [0.1, 0.15) is 5.54 Å². The average molecular weight is 443 g/mol. The van der Waals surface area contributed by atoms with Crippen molar-refractivity contribution in [1.82, 2.24) is 5.32 Å². The monoisotopic (exact) mass is 442 g/mol. The third kappa shape index (κ3) is 4.73. The maximum atomic E-state index is 13.4. The van der Waals surface area contributed by atoms with Crippen molar-refractivity contribution >= 4 is 40.6 Å². The van der Waals surface area contributed by atoms with E-state index in [0.717, 1.165) is 0 Å². The number of nitrogens with zero attached hydrogens (tertiary/aromatic N) is 2. The summed E-state index contributed by atoms with van der Waals surface area (Å²) in [7, 11) is 0. The van der Waals surface area contributed by atoms with E-state index in [-0.39, 0.29) is 25.1 Å². The van der Waals surface area contributed by atoms with Gasteiger partial charge in [-0.1, -0.05) is 29.8 Å². The van der Waals surface area contributed by atoms with Gasteiger partial charge in [-0.25, -0.2) is 4.79 Å². The minimum Gasteiger partial charge on any atom is -0.395 e. The third-order valence-electron chi connectivity index (χ3n) is 4.95. The number of carbonyl (C=O) groups is 2. The van der Waals surface area contributed by atoms with Crippen LogP contribution in [-0.4, -0.2) is 47.5 Å². The number of benzene rings is 2. The molecule has 0 saturated carbocycles. The number of rotatable bonds is 5. The van der Waals surface area contributed by atoms with Crippen LogP contribution < -0.4 is 15.5 Å². The number of hydrogen-bond acceptors (Lipinski definition) is 4. The van der Waals surface area contributed by atoms with Crippen molar-refractivity contribution in [3.63, 3.8) is 0 Å². The van der Waals surface area contributed by atoms with E-state index in [4.69, 9.17) is 21.7 Å². The van der Waals surface area contributed by atoms with E-state index in [1.807, 2.05) is 38.1 Å².